The number of carbonyl (C=O) groups is 1. The van der Waals surface area contributed by atoms with Crippen molar-refractivity contribution in [1.82, 2.24) is 35.1 Å². The maximum absolute atomic E-state index is 12.4. The molecule has 1 amide bonds. The van der Waals surface area contributed by atoms with Crippen molar-refractivity contribution < 1.29 is 4.79 Å². The summed E-state index contributed by atoms with van der Waals surface area (Å²) in [6.07, 6.45) is 5.01. The zero-order valence-electron chi connectivity index (χ0n) is 12.5. The summed E-state index contributed by atoms with van der Waals surface area (Å²) in [5, 5.41) is 13.9. The number of carbonyl (C=O) groups excluding carboxylic acids is 1. The van der Waals surface area contributed by atoms with Crippen molar-refractivity contribution in [3.63, 3.8) is 0 Å². The van der Waals surface area contributed by atoms with Gasteiger partial charge in [0, 0.05) is 18.0 Å². The van der Waals surface area contributed by atoms with Gasteiger partial charge in [-0.2, -0.15) is 10.2 Å². The van der Waals surface area contributed by atoms with Crippen LogP contribution in [0.3, 0.4) is 0 Å². The van der Waals surface area contributed by atoms with Crippen LogP contribution in [-0.4, -0.2) is 35.7 Å². The molecule has 8 nitrogen and oxygen atoms in total. The molecule has 0 saturated carbocycles. The maximum atomic E-state index is 12.4. The van der Waals surface area contributed by atoms with Crippen LogP contribution in [0.2, 0.25) is 0 Å². The van der Waals surface area contributed by atoms with Crippen molar-refractivity contribution in [2.75, 3.05) is 0 Å². The standard InChI is InChI=1S/C16H13N7O/c24-16(13-3-1-2-12-6-9-19-23(12)13)18-10-14-20-15(22-21-14)11-4-7-17-8-5-11/h1-9H,10H2,(H,18,24)(H,20,21,22). The quantitative estimate of drug-likeness (QED) is 0.593. The van der Waals surface area contributed by atoms with Crippen LogP contribution in [0.1, 0.15) is 16.3 Å². The Morgan fingerprint density at radius 2 is 2.00 bits per heavy atom. The van der Waals surface area contributed by atoms with E-state index in [9.17, 15) is 4.79 Å². The smallest absolute Gasteiger partial charge is 0.270 e. The van der Waals surface area contributed by atoms with Crippen molar-refractivity contribution in [1.29, 1.82) is 0 Å². The summed E-state index contributed by atoms with van der Waals surface area (Å²) in [6.45, 7) is 0.245. The lowest BCUT2D eigenvalue weighted by molar-refractivity contribution is 0.0942. The van der Waals surface area contributed by atoms with Crippen LogP contribution in [0.25, 0.3) is 16.9 Å². The third kappa shape index (κ3) is 2.60. The molecule has 0 aliphatic carbocycles. The van der Waals surface area contributed by atoms with E-state index in [1.807, 2.05) is 30.3 Å². The average molecular weight is 319 g/mol. The van der Waals surface area contributed by atoms with Gasteiger partial charge in [-0.25, -0.2) is 9.50 Å². The van der Waals surface area contributed by atoms with Crippen LogP contribution in [0.4, 0.5) is 0 Å². The van der Waals surface area contributed by atoms with E-state index in [0.717, 1.165) is 11.1 Å². The first-order chi connectivity index (χ1) is 11.8. The summed E-state index contributed by atoms with van der Waals surface area (Å²) in [7, 11) is 0. The molecule has 0 aliphatic heterocycles. The summed E-state index contributed by atoms with van der Waals surface area (Å²) in [5.41, 5.74) is 2.19. The van der Waals surface area contributed by atoms with Crippen LogP contribution in [0.5, 0.6) is 0 Å². The molecular weight excluding hydrogens is 306 g/mol. The average Bonchev–Trinajstić information content (AvgIpc) is 3.29. The Labute approximate surface area is 136 Å². The lowest BCUT2D eigenvalue weighted by atomic mass is 10.2. The third-order valence-corrected chi connectivity index (χ3v) is 3.54. The van der Waals surface area contributed by atoms with Gasteiger partial charge in [-0.05, 0) is 30.3 Å². The molecule has 0 radical (unpaired) electrons. The second-order valence-corrected chi connectivity index (χ2v) is 5.10. The molecule has 0 atom stereocenters. The van der Waals surface area contributed by atoms with Crippen LogP contribution in [0.15, 0.2) is 55.0 Å². The number of fused-ring (bicyclic) bond motifs is 1. The monoisotopic (exact) mass is 319 g/mol. The molecule has 2 N–H and O–H groups in total. The molecule has 8 heteroatoms. The van der Waals surface area contributed by atoms with E-state index >= 15 is 0 Å². The number of amides is 1. The second-order valence-electron chi connectivity index (χ2n) is 5.10. The lowest BCUT2D eigenvalue weighted by Gasteiger charge is -2.05. The highest BCUT2D eigenvalue weighted by Gasteiger charge is 2.12. The van der Waals surface area contributed by atoms with Gasteiger partial charge in [0.2, 0.25) is 0 Å². The fourth-order valence-electron chi connectivity index (χ4n) is 2.38. The van der Waals surface area contributed by atoms with E-state index in [-0.39, 0.29) is 12.5 Å². The molecule has 4 aromatic rings. The number of nitrogens with zero attached hydrogens (tertiary/aromatic N) is 5. The molecule has 0 aromatic carbocycles. The summed E-state index contributed by atoms with van der Waals surface area (Å²) in [6, 6.07) is 10.9. The summed E-state index contributed by atoms with van der Waals surface area (Å²) in [5.74, 6) is 0.907. The van der Waals surface area contributed by atoms with Gasteiger partial charge in [-0.15, -0.1) is 0 Å². The first-order valence-electron chi connectivity index (χ1n) is 7.34. The second kappa shape index (κ2) is 5.92. The Hall–Kier alpha value is -3.55. The molecule has 4 heterocycles. The normalized spacial score (nSPS) is 10.8. The van der Waals surface area contributed by atoms with Crippen molar-refractivity contribution in [3.05, 3.63) is 66.5 Å². The van der Waals surface area contributed by atoms with Crippen LogP contribution >= 0.6 is 0 Å². The van der Waals surface area contributed by atoms with E-state index in [0.29, 0.717) is 17.3 Å². The Balaban J connectivity index is 1.48. The first-order valence-corrected chi connectivity index (χ1v) is 7.34. The Morgan fingerprint density at radius 1 is 1.12 bits per heavy atom. The van der Waals surface area contributed by atoms with Crippen molar-refractivity contribution in [2.45, 2.75) is 6.54 Å². The van der Waals surface area contributed by atoms with Gasteiger partial charge >= 0.3 is 0 Å². The number of nitrogens with one attached hydrogen (secondary N) is 2. The minimum Gasteiger partial charge on any atom is -0.343 e. The molecule has 0 unspecified atom stereocenters. The Bertz CT molecular complexity index is 990. The maximum Gasteiger partial charge on any atom is 0.270 e. The molecule has 0 bridgehead atoms. The van der Waals surface area contributed by atoms with E-state index in [4.69, 9.17) is 0 Å². The number of aromatic amines is 1. The van der Waals surface area contributed by atoms with Crippen molar-refractivity contribution >= 4 is 11.4 Å². The molecule has 4 rings (SSSR count). The number of H-pyrrole nitrogens is 1. The molecule has 4 aromatic heterocycles. The summed E-state index contributed by atoms with van der Waals surface area (Å²) < 4.78 is 1.60. The number of hydrogen-bond acceptors (Lipinski definition) is 5. The van der Waals surface area contributed by atoms with Crippen LogP contribution in [-0.2, 0) is 6.54 Å². The number of rotatable bonds is 4. The Morgan fingerprint density at radius 3 is 2.88 bits per heavy atom. The van der Waals surface area contributed by atoms with Crippen LogP contribution in [0, 0.1) is 0 Å². The fraction of sp³-hybridized carbons (Fsp3) is 0.0625. The van der Waals surface area contributed by atoms with Gasteiger partial charge < -0.3 is 5.32 Å². The van der Waals surface area contributed by atoms with E-state index in [2.05, 4.69) is 30.6 Å². The number of aromatic nitrogens is 6. The predicted molar refractivity (Wildman–Crippen MR) is 86.0 cm³/mol. The molecule has 0 spiro atoms. The van der Waals surface area contributed by atoms with Gasteiger partial charge in [0.25, 0.3) is 5.91 Å². The predicted octanol–water partition coefficient (Wildman–Crippen LogP) is 1.44. The zero-order valence-corrected chi connectivity index (χ0v) is 12.5. The Kier molecular flexibility index (Phi) is 3.47. The highest BCUT2D eigenvalue weighted by atomic mass is 16.2. The van der Waals surface area contributed by atoms with Crippen LogP contribution < -0.4 is 5.32 Å². The highest BCUT2D eigenvalue weighted by Crippen LogP contribution is 2.12. The zero-order chi connectivity index (χ0) is 16.4. The topological polar surface area (TPSA) is 101 Å². The molecule has 24 heavy (non-hydrogen) atoms. The lowest BCUT2D eigenvalue weighted by Crippen LogP contribution is -2.25. The first kappa shape index (κ1) is 14.1. The molecule has 0 aliphatic rings. The van der Waals surface area contributed by atoms with E-state index in [1.165, 1.54) is 0 Å². The fourth-order valence-corrected chi connectivity index (χ4v) is 2.38. The SMILES string of the molecule is O=C(NCc1nc(-c2ccncc2)n[nH]1)c1cccc2ccnn12. The molecule has 0 fully saturated rings. The number of hydrogen-bond donors (Lipinski definition) is 2. The molecule has 118 valence electrons. The van der Waals surface area contributed by atoms with E-state index in [1.54, 1.807) is 29.2 Å². The highest BCUT2D eigenvalue weighted by molar-refractivity contribution is 5.93. The van der Waals surface area contributed by atoms with Gasteiger partial charge in [-0.3, -0.25) is 14.9 Å². The van der Waals surface area contributed by atoms with Crippen molar-refractivity contribution in [3.8, 4) is 11.4 Å². The largest absolute Gasteiger partial charge is 0.343 e. The van der Waals surface area contributed by atoms with Gasteiger partial charge in [0.1, 0.15) is 11.5 Å². The van der Waals surface area contributed by atoms with Gasteiger partial charge in [-0.1, -0.05) is 6.07 Å². The molecular formula is C16H13N7O. The summed E-state index contributed by atoms with van der Waals surface area (Å²) in [4.78, 5) is 20.7. The minimum atomic E-state index is -0.230. The van der Waals surface area contributed by atoms with Gasteiger partial charge in [0.15, 0.2) is 5.82 Å². The molecule has 0 saturated heterocycles. The van der Waals surface area contributed by atoms with E-state index < -0.39 is 0 Å². The summed E-state index contributed by atoms with van der Waals surface area (Å²) >= 11 is 0. The third-order valence-electron chi connectivity index (χ3n) is 3.54. The number of pyridine rings is 2. The van der Waals surface area contributed by atoms with Gasteiger partial charge in [0.05, 0.1) is 18.3 Å². The van der Waals surface area contributed by atoms with Crippen molar-refractivity contribution in [2.24, 2.45) is 0 Å². The minimum absolute atomic E-state index is 0.230.